The number of rotatable bonds is 14. The summed E-state index contributed by atoms with van der Waals surface area (Å²) in [4.78, 5) is 30.0. The summed E-state index contributed by atoms with van der Waals surface area (Å²) in [6, 6.07) is 25.4. The number of hydrogen-bond donors (Lipinski definition) is 1. The Morgan fingerprint density at radius 1 is 0.830 bits per heavy atom. The first-order chi connectivity index (χ1) is 22.4. The number of anilines is 1. The van der Waals surface area contributed by atoms with Crippen molar-refractivity contribution in [1.29, 1.82) is 0 Å². The molecular formula is C37H41Cl2N3O4S. The predicted molar refractivity (Wildman–Crippen MR) is 190 cm³/mol. The lowest BCUT2D eigenvalue weighted by Gasteiger charge is -2.34. The van der Waals surface area contributed by atoms with Crippen molar-refractivity contribution in [3.8, 4) is 0 Å². The largest absolute Gasteiger partial charge is 0.354 e. The number of benzene rings is 4. The first-order valence-corrected chi connectivity index (χ1v) is 17.8. The van der Waals surface area contributed by atoms with Crippen molar-refractivity contribution in [3.05, 3.63) is 129 Å². The van der Waals surface area contributed by atoms with Gasteiger partial charge >= 0.3 is 0 Å². The average molecular weight is 695 g/mol. The second kappa shape index (κ2) is 16.3. The van der Waals surface area contributed by atoms with Gasteiger partial charge in [-0.2, -0.15) is 0 Å². The van der Waals surface area contributed by atoms with E-state index in [1.165, 1.54) is 17.0 Å². The maximum absolute atomic E-state index is 14.6. The monoisotopic (exact) mass is 693 g/mol. The van der Waals surface area contributed by atoms with Gasteiger partial charge in [0.25, 0.3) is 10.0 Å². The van der Waals surface area contributed by atoms with Crippen LogP contribution in [0.3, 0.4) is 0 Å². The van der Waals surface area contributed by atoms with E-state index in [4.69, 9.17) is 23.2 Å². The molecule has 10 heteroatoms. The Bertz CT molecular complexity index is 1780. The van der Waals surface area contributed by atoms with Gasteiger partial charge in [-0.25, -0.2) is 8.42 Å². The van der Waals surface area contributed by atoms with Crippen LogP contribution in [0.1, 0.15) is 47.6 Å². The molecule has 0 heterocycles. The molecule has 0 aliphatic rings. The fraction of sp³-hybridized carbons (Fsp3) is 0.297. The molecule has 0 bridgehead atoms. The van der Waals surface area contributed by atoms with Gasteiger partial charge in [0.2, 0.25) is 11.8 Å². The molecular weight excluding hydrogens is 653 g/mol. The van der Waals surface area contributed by atoms with Crippen LogP contribution in [0, 0.1) is 20.8 Å². The van der Waals surface area contributed by atoms with Crippen molar-refractivity contribution in [3.63, 3.8) is 0 Å². The molecule has 0 aliphatic heterocycles. The molecule has 0 saturated heterocycles. The zero-order chi connectivity index (χ0) is 34.1. The van der Waals surface area contributed by atoms with Crippen molar-refractivity contribution >= 4 is 50.7 Å². The summed E-state index contributed by atoms with van der Waals surface area (Å²) >= 11 is 12.8. The molecule has 0 spiro atoms. The third-order valence-corrected chi connectivity index (χ3v) is 10.2. The highest BCUT2D eigenvalue weighted by Crippen LogP contribution is 2.28. The van der Waals surface area contributed by atoms with Crippen molar-refractivity contribution in [2.45, 2.75) is 64.4 Å². The normalized spacial score (nSPS) is 12.0. The Morgan fingerprint density at radius 2 is 1.49 bits per heavy atom. The molecule has 2 amide bonds. The number of sulfonamides is 1. The Balaban J connectivity index is 1.83. The minimum atomic E-state index is -4.20. The predicted octanol–water partition coefficient (Wildman–Crippen LogP) is 7.67. The number of carbonyl (C=O) groups excluding carboxylic acids is 2. The number of aryl methyl sites for hydroxylation is 3. The summed E-state index contributed by atoms with van der Waals surface area (Å²) in [7, 11) is -4.20. The van der Waals surface area contributed by atoms with Gasteiger partial charge in [-0.15, -0.1) is 0 Å². The molecule has 0 saturated carbocycles. The molecule has 0 aromatic heterocycles. The van der Waals surface area contributed by atoms with Crippen molar-refractivity contribution in [2.75, 3.05) is 17.4 Å². The van der Waals surface area contributed by atoms with Gasteiger partial charge < -0.3 is 10.2 Å². The lowest BCUT2D eigenvalue weighted by molar-refractivity contribution is -0.140. The van der Waals surface area contributed by atoms with E-state index in [9.17, 15) is 18.0 Å². The summed E-state index contributed by atoms with van der Waals surface area (Å²) in [5.41, 5.74) is 4.37. The van der Waals surface area contributed by atoms with Crippen LogP contribution in [0.2, 0.25) is 10.0 Å². The van der Waals surface area contributed by atoms with Crippen molar-refractivity contribution < 1.29 is 18.0 Å². The summed E-state index contributed by atoms with van der Waals surface area (Å²) in [5.74, 6) is -0.891. The van der Waals surface area contributed by atoms with E-state index in [1.54, 1.807) is 42.5 Å². The Kier molecular flexibility index (Phi) is 12.5. The summed E-state index contributed by atoms with van der Waals surface area (Å²) in [6.07, 6.45) is 1.87. The van der Waals surface area contributed by atoms with Gasteiger partial charge in [0.15, 0.2) is 0 Å². The van der Waals surface area contributed by atoms with Crippen LogP contribution in [0.5, 0.6) is 0 Å². The summed E-state index contributed by atoms with van der Waals surface area (Å²) in [6.45, 7) is 7.51. The van der Waals surface area contributed by atoms with E-state index >= 15 is 0 Å². The molecule has 0 aliphatic carbocycles. The number of nitrogens with one attached hydrogen (secondary N) is 1. The molecule has 4 rings (SSSR count). The van der Waals surface area contributed by atoms with E-state index in [1.807, 2.05) is 64.1 Å². The third kappa shape index (κ3) is 9.60. The number of amides is 2. The Labute approximate surface area is 288 Å². The zero-order valence-electron chi connectivity index (χ0n) is 27.2. The third-order valence-electron chi connectivity index (χ3n) is 7.84. The molecule has 7 nitrogen and oxygen atoms in total. The van der Waals surface area contributed by atoms with Crippen LogP contribution in [-0.4, -0.2) is 44.3 Å². The molecule has 0 fully saturated rings. The smallest absolute Gasteiger partial charge is 0.264 e. The van der Waals surface area contributed by atoms with E-state index < -0.39 is 28.5 Å². The van der Waals surface area contributed by atoms with Crippen LogP contribution in [0.15, 0.2) is 95.9 Å². The molecule has 0 radical (unpaired) electrons. The number of unbranched alkanes of at least 4 members (excludes halogenated alkanes) is 1. The highest BCUT2D eigenvalue weighted by molar-refractivity contribution is 7.92. The Hall–Kier alpha value is -3.85. The quantitative estimate of drug-likeness (QED) is 0.137. The number of carbonyl (C=O) groups is 2. The number of nitrogens with zero attached hydrogens (tertiary/aromatic N) is 2. The van der Waals surface area contributed by atoms with E-state index in [0.717, 1.165) is 39.4 Å². The van der Waals surface area contributed by atoms with E-state index in [-0.39, 0.29) is 23.8 Å². The maximum atomic E-state index is 14.6. The molecule has 1 N–H and O–H groups in total. The SMILES string of the molecule is CCCCNC(=O)[C@@H](Cc1ccccc1)N(Cc1ccc(Cl)cc1Cl)C(=O)CN(c1cc(C)cc(C)c1)S(=O)(=O)c1ccc(C)cc1. The molecule has 1 atom stereocenters. The fourth-order valence-electron chi connectivity index (χ4n) is 5.35. The summed E-state index contributed by atoms with van der Waals surface area (Å²) in [5, 5.41) is 3.75. The highest BCUT2D eigenvalue weighted by Gasteiger charge is 2.35. The standard InChI is InChI=1S/C37H41Cl2N3O4S/c1-5-6-18-40-37(44)35(22-29-10-8-7-9-11-29)41(24-30-14-15-31(38)23-34(30)39)36(43)25-42(32-20-27(3)19-28(4)21-32)47(45,46)33-16-12-26(2)13-17-33/h7-17,19-21,23,35H,5-6,18,22,24-25H2,1-4H3,(H,40,44)/t35-/m1/s1. The van der Waals surface area contributed by atoms with Crippen LogP contribution < -0.4 is 9.62 Å². The fourth-order valence-corrected chi connectivity index (χ4v) is 7.22. The number of halogens is 2. The second-order valence-electron chi connectivity index (χ2n) is 11.8. The van der Waals surface area contributed by atoms with Gasteiger partial charge in [0, 0.05) is 29.6 Å². The van der Waals surface area contributed by atoms with Crippen molar-refractivity contribution in [1.82, 2.24) is 10.2 Å². The minimum Gasteiger partial charge on any atom is -0.354 e. The highest BCUT2D eigenvalue weighted by atomic mass is 35.5. The topological polar surface area (TPSA) is 86.8 Å². The molecule has 47 heavy (non-hydrogen) atoms. The van der Waals surface area contributed by atoms with Gasteiger partial charge in [0.05, 0.1) is 10.6 Å². The summed E-state index contributed by atoms with van der Waals surface area (Å²) < 4.78 is 29.7. The first kappa shape index (κ1) is 36.0. The lowest BCUT2D eigenvalue weighted by atomic mass is 10.0. The molecule has 4 aromatic rings. The lowest BCUT2D eigenvalue weighted by Crippen LogP contribution is -2.53. The molecule has 0 unspecified atom stereocenters. The van der Waals surface area contributed by atoms with Crippen LogP contribution >= 0.6 is 23.2 Å². The van der Waals surface area contributed by atoms with Gasteiger partial charge in [-0.3, -0.25) is 13.9 Å². The molecule has 4 aromatic carbocycles. The van der Waals surface area contributed by atoms with E-state index in [2.05, 4.69) is 5.32 Å². The molecule has 248 valence electrons. The Morgan fingerprint density at radius 3 is 2.11 bits per heavy atom. The van der Waals surface area contributed by atoms with Gasteiger partial charge in [-0.05, 0) is 85.8 Å². The van der Waals surface area contributed by atoms with Gasteiger partial charge in [0.1, 0.15) is 12.6 Å². The van der Waals surface area contributed by atoms with Crippen LogP contribution in [-0.2, 0) is 32.6 Å². The average Bonchev–Trinajstić information content (AvgIpc) is 3.02. The minimum absolute atomic E-state index is 0.0429. The zero-order valence-corrected chi connectivity index (χ0v) is 29.5. The number of hydrogen-bond acceptors (Lipinski definition) is 4. The first-order valence-electron chi connectivity index (χ1n) is 15.6. The van der Waals surface area contributed by atoms with Crippen molar-refractivity contribution in [2.24, 2.45) is 0 Å². The van der Waals surface area contributed by atoms with E-state index in [0.29, 0.717) is 27.8 Å². The van der Waals surface area contributed by atoms with Crippen LogP contribution in [0.4, 0.5) is 5.69 Å². The van der Waals surface area contributed by atoms with Crippen LogP contribution in [0.25, 0.3) is 0 Å². The second-order valence-corrected chi connectivity index (χ2v) is 14.5. The maximum Gasteiger partial charge on any atom is 0.264 e. The van der Waals surface area contributed by atoms with Gasteiger partial charge in [-0.1, -0.05) is 96.7 Å².